The van der Waals surface area contributed by atoms with E-state index in [4.69, 9.17) is 4.74 Å². The highest BCUT2D eigenvalue weighted by atomic mass is 19.4. The van der Waals surface area contributed by atoms with Crippen molar-refractivity contribution in [2.24, 2.45) is 0 Å². The lowest BCUT2D eigenvalue weighted by atomic mass is 10.1. The van der Waals surface area contributed by atoms with Crippen molar-refractivity contribution in [3.63, 3.8) is 0 Å². The van der Waals surface area contributed by atoms with Crippen LogP contribution in [0.1, 0.15) is 28.4 Å². The van der Waals surface area contributed by atoms with Crippen LogP contribution >= 0.6 is 0 Å². The second kappa shape index (κ2) is 8.08. The maximum absolute atomic E-state index is 12.6. The number of ether oxygens (including phenoxy) is 1. The molecular weight excluding hydrogens is 343 g/mol. The van der Waals surface area contributed by atoms with Gasteiger partial charge in [0, 0.05) is 19.8 Å². The highest BCUT2D eigenvalue weighted by Gasteiger charge is 2.29. The summed E-state index contributed by atoms with van der Waals surface area (Å²) in [5.41, 5.74) is 2.09. The van der Waals surface area contributed by atoms with Gasteiger partial charge in [-0.15, -0.1) is 0 Å². The molecule has 2 aromatic carbocycles. The topological polar surface area (TPSA) is 29.5 Å². The molecule has 3 nitrogen and oxygen atoms in total. The van der Waals surface area contributed by atoms with Crippen LogP contribution in [0.4, 0.5) is 18.9 Å². The molecule has 0 radical (unpaired) electrons. The smallest absolute Gasteiger partial charge is 0.416 e. The highest BCUT2D eigenvalue weighted by Crippen LogP contribution is 2.30. The van der Waals surface area contributed by atoms with E-state index in [0.717, 1.165) is 23.4 Å². The summed E-state index contributed by atoms with van der Waals surface area (Å²) in [6, 6.07) is 11.9. The van der Waals surface area contributed by atoms with Crippen molar-refractivity contribution in [2.75, 3.05) is 25.6 Å². The van der Waals surface area contributed by atoms with Crippen LogP contribution in [0.5, 0.6) is 0 Å². The van der Waals surface area contributed by atoms with Crippen molar-refractivity contribution in [3.8, 4) is 0 Å². The number of halogens is 3. The Labute approximate surface area is 150 Å². The number of alkyl halides is 3. The lowest BCUT2D eigenvalue weighted by molar-refractivity contribution is -0.137. The minimum absolute atomic E-state index is 0.0428. The zero-order valence-corrected chi connectivity index (χ0v) is 14.8. The molecule has 0 spiro atoms. The van der Waals surface area contributed by atoms with E-state index in [1.54, 1.807) is 25.1 Å². The van der Waals surface area contributed by atoms with Gasteiger partial charge >= 0.3 is 12.1 Å². The third-order valence-electron chi connectivity index (χ3n) is 3.89. The molecule has 0 aromatic heterocycles. The summed E-state index contributed by atoms with van der Waals surface area (Å²) in [6.45, 7) is 1.80. The van der Waals surface area contributed by atoms with E-state index >= 15 is 0 Å². The first-order chi connectivity index (χ1) is 12.2. The molecule has 26 heavy (non-hydrogen) atoms. The zero-order chi connectivity index (χ0) is 19.3. The molecular formula is C20H20F3NO2. The van der Waals surface area contributed by atoms with E-state index in [1.165, 1.54) is 12.1 Å². The molecule has 138 valence electrons. The first-order valence-corrected chi connectivity index (χ1v) is 7.97. The van der Waals surface area contributed by atoms with Crippen molar-refractivity contribution in [1.82, 2.24) is 0 Å². The molecule has 0 heterocycles. The zero-order valence-electron chi connectivity index (χ0n) is 14.8. The van der Waals surface area contributed by atoms with Gasteiger partial charge in [0.15, 0.2) is 0 Å². The van der Waals surface area contributed by atoms with Crippen molar-refractivity contribution in [2.45, 2.75) is 13.1 Å². The fraction of sp³-hybridized carbons (Fsp3) is 0.250. The number of carbonyl (C=O) groups is 1. The molecule has 0 fully saturated rings. The van der Waals surface area contributed by atoms with Crippen LogP contribution in [-0.4, -0.2) is 26.7 Å². The number of benzene rings is 2. The molecule has 0 unspecified atom stereocenters. The van der Waals surface area contributed by atoms with Crippen LogP contribution in [0.2, 0.25) is 0 Å². The maximum atomic E-state index is 12.6. The molecule has 2 rings (SSSR count). The average molecular weight is 363 g/mol. The van der Waals surface area contributed by atoms with Gasteiger partial charge in [0.25, 0.3) is 0 Å². The molecule has 0 saturated carbocycles. The van der Waals surface area contributed by atoms with Gasteiger partial charge in [0.05, 0.1) is 11.1 Å². The quantitative estimate of drug-likeness (QED) is 0.698. The van der Waals surface area contributed by atoms with Crippen LogP contribution < -0.4 is 4.90 Å². The Kier molecular flexibility index (Phi) is 6.08. The Morgan fingerprint density at radius 3 is 2.04 bits per heavy atom. The molecule has 0 aliphatic rings. The molecule has 0 bridgehead atoms. The number of nitrogens with zero attached hydrogens (tertiary/aromatic N) is 1. The first-order valence-electron chi connectivity index (χ1n) is 7.97. The van der Waals surface area contributed by atoms with Gasteiger partial charge < -0.3 is 9.64 Å². The lowest BCUT2D eigenvalue weighted by Crippen LogP contribution is -2.09. The van der Waals surface area contributed by atoms with Gasteiger partial charge in [-0.25, -0.2) is 4.79 Å². The molecule has 0 aliphatic carbocycles. The number of hydrogen-bond acceptors (Lipinski definition) is 3. The van der Waals surface area contributed by atoms with E-state index in [0.29, 0.717) is 11.1 Å². The number of rotatable bonds is 5. The fourth-order valence-electron chi connectivity index (χ4n) is 2.26. The van der Waals surface area contributed by atoms with Gasteiger partial charge in [-0.05, 0) is 60.5 Å². The third kappa shape index (κ3) is 5.12. The normalized spacial score (nSPS) is 12.0. The molecule has 0 aliphatic heterocycles. The fourth-order valence-corrected chi connectivity index (χ4v) is 2.26. The molecule has 0 N–H and O–H groups in total. The standard InChI is InChI=1S/C20H20F3NO2/c1-14(15-4-8-17(9-5-15)20(21,22)23)12-13-26-19(25)16-6-10-18(11-7-16)24(2)3/h4-12H,13H2,1-3H3/b14-12+. The summed E-state index contributed by atoms with van der Waals surface area (Å²) in [6.07, 6.45) is -2.69. The first kappa shape index (κ1) is 19.6. The monoisotopic (exact) mass is 363 g/mol. The number of hydrogen-bond donors (Lipinski definition) is 0. The van der Waals surface area contributed by atoms with Crippen LogP contribution in [0.3, 0.4) is 0 Å². The van der Waals surface area contributed by atoms with Crippen LogP contribution in [0.15, 0.2) is 54.6 Å². The molecule has 0 saturated heterocycles. The molecule has 2 aromatic rings. The third-order valence-corrected chi connectivity index (χ3v) is 3.89. The van der Waals surface area contributed by atoms with Crippen molar-refractivity contribution in [3.05, 3.63) is 71.3 Å². The molecule has 0 atom stereocenters. The second-order valence-electron chi connectivity index (χ2n) is 6.00. The number of esters is 1. The summed E-state index contributed by atoms with van der Waals surface area (Å²) in [4.78, 5) is 13.9. The summed E-state index contributed by atoms with van der Waals surface area (Å²) < 4.78 is 42.9. The summed E-state index contributed by atoms with van der Waals surface area (Å²) in [7, 11) is 3.81. The molecule has 0 amide bonds. The van der Waals surface area contributed by atoms with Crippen molar-refractivity contribution >= 4 is 17.2 Å². The maximum Gasteiger partial charge on any atom is 0.416 e. The Morgan fingerprint density at radius 1 is 1.00 bits per heavy atom. The van der Waals surface area contributed by atoms with E-state index < -0.39 is 17.7 Å². The predicted octanol–water partition coefficient (Wildman–Crippen LogP) is 5.03. The van der Waals surface area contributed by atoms with E-state index in [1.807, 2.05) is 31.1 Å². The lowest BCUT2D eigenvalue weighted by Gasteiger charge is -2.12. The van der Waals surface area contributed by atoms with Gasteiger partial charge in [0.2, 0.25) is 0 Å². The van der Waals surface area contributed by atoms with Crippen LogP contribution in [0, 0.1) is 0 Å². The van der Waals surface area contributed by atoms with Gasteiger partial charge in [-0.3, -0.25) is 0 Å². The van der Waals surface area contributed by atoms with Crippen LogP contribution in [0.25, 0.3) is 5.57 Å². The minimum Gasteiger partial charge on any atom is -0.458 e. The predicted molar refractivity (Wildman–Crippen MR) is 96.1 cm³/mol. The van der Waals surface area contributed by atoms with Crippen LogP contribution in [-0.2, 0) is 10.9 Å². The van der Waals surface area contributed by atoms with E-state index in [9.17, 15) is 18.0 Å². The Balaban J connectivity index is 1.95. The Hall–Kier alpha value is -2.76. The largest absolute Gasteiger partial charge is 0.458 e. The number of carbonyl (C=O) groups excluding carboxylic acids is 1. The summed E-state index contributed by atoms with van der Waals surface area (Å²) in [5, 5.41) is 0. The summed E-state index contributed by atoms with van der Waals surface area (Å²) in [5.74, 6) is -0.452. The van der Waals surface area contributed by atoms with Crippen molar-refractivity contribution < 1.29 is 22.7 Å². The van der Waals surface area contributed by atoms with E-state index in [2.05, 4.69) is 0 Å². The Bertz CT molecular complexity index is 776. The molecule has 6 heteroatoms. The van der Waals surface area contributed by atoms with Crippen molar-refractivity contribution in [1.29, 1.82) is 0 Å². The van der Waals surface area contributed by atoms with Gasteiger partial charge in [-0.1, -0.05) is 12.1 Å². The van der Waals surface area contributed by atoms with Gasteiger partial charge in [-0.2, -0.15) is 13.2 Å². The Morgan fingerprint density at radius 2 is 1.54 bits per heavy atom. The SMILES string of the molecule is C/C(=C\COC(=O)c1ccc(N(C)C)cc1)c1ccc(C(F)(F)F)cc1. The minimum atomic E-state index is -4.35. The second-order valence-corrected chi connectivity index (χ2v) is 6.00. The summed E-state index contributed by atoms with van der Waals surface area (Å²) >= 11 is 0. The average Bonchev–Trinajstić information content (AvgIpc) is 2.61. The number of allylic oxidation sites excluding steroid dienone is 1. The highest BCUT2D eigenvalue weighted by molar-refractivity contribution is 5.90. The van der Waals surface area contributed by atoms with Gasteiger partial charge in [0.1, 0.15) is 6.61 Å². The van der Waals surface area contributed by atoms with E-state index in [-0.39, 0.29) is 6.61 Å². The number of anilines is 1.